The maximum Gasteiger partial charge on any atom is 0.323 e. The van der Waals surface area contributed by atoms with E-state index >= 15 is 0 Å². The monoisotopic (exact) mass is 384 g/mol. The van der Waals surface area contributed by atoms with E-state index < -0.39 is 0 Å². The van der Waals surface area contributed by atoms with Crippen molar-refractivity contribution in [2.75, 3.05) is 25.5 Å². The van der Waals surface area contributed by atoms with Crippen molar-refractivity contribution in [1.29, 1.82) is 5.26 Å². The van der Waals surface area contributed by atoms with E-state index in [-0.39, 0.29) is 12.1 Å². The smallest absolute Gasteiger partial charge is 0.323 e. The van der Waals surface area contributed by atoms with Crippen molar-refractivity contribution in [2.45, 2.75) is 38.8 Å². The van der Waals surface area contributed by atoms with Gasteiger partial charge >= 0.3 is 6.03 Å². The summed E-state index contributed by atoms with van der Waals surface area (Å²) in [6.45, 7) is 6.46. The topological polar surface area (TPSA) is 85.2 Å². The number of hydrogen-bond acceptors (Lipinski definition) is 6. The highest BCUT2D eigenvalue weighted by Gasteiger charge is 2.29. The Bertz CT molecular complexity index is 827. The van der Waals surface area contributed by atoms with Gasteiger partial charge in [0.25, 0.3) is 0 Å². The number of anilines is 1. The van der Waals surface area contributed by atoms with Gasteiger partial charge in [0.2, 0.25) is 5.13 Å². The number of rotatable bonds is 4. The summed E-state index contributed by atoms with van der Waals surface area (Å²) in [4.78, 5) is 16.8. The zero-order valence-corrected chi connectivity index (χ0v) is 16.7. The summed E-state index contributed by atoms with van der Waals surface area (Å²) in [5.41, 5.74) is 1.47. The average Bonchev–Trinajstić information content (AvgIpc) is 3.15. The van der Waals surface area contributed by atoms with Gasteiger partial charge in [0, 0.05) is 31.2 Å². The molecule has 1 aliphatic rings. The number of amides is 2. The lowest BCUT2D eigenvalue weighted by Crippen LogP contribution is -2.50. The summed E-state index contributed by atoms with van der Waals surface area (Å²) < 4.78 is 0. The molecule has 2 atom stereocenters. The molecule has 2 amide bonds. The quantitative estimate of drug-likeness (QED) is 0.873. The van der Waals surface area contributed by atoms with Gasteiger partial charge in [-0.3, -0.25) is 5.32 Å². The number of hydrogen-bond donors (Lipinski definition) is 1. The zero-order valence-electron chi connectivity index (χ0n) is 15.8. The largest absolute Gasteiger partial charge is 0.324 e. The Morgan fingerprint density at radius 1 is 1.41 bits per heavy atom. The molecule has 2 unspecified atom stereocenters. The molecule has 2 heterocycles. The van der Waals surface area contributed by atoms with Crippen LogP contribution in [0.4, 0.5) is 9.93 Å². The molecule has 0 aliphatic carbocycles. The molecule has 0 radical (unpaired) electrons. The first-order valence-corrected chi connectivity index (χ1v) is 9.95. The molecule has 8 heteroatoms. The molecule has 27 heavy (non-hydrogen) atoms. The van der Waals surface area contributed by atoms with E-state index in [0.717, 1.165) is 31.5 Å². The standard InChI is InChI=1S/C19H24N6OS/c1-4-25-10-9-16(11-13(25)2)24(3)19(26)21-18-23-22-17(27-18)15-7-5-14(12-20)6-8-15/h5-8,13,16H,4,9-11H2,1-3H3,(H,21,23,26). The van der Waals surface area contributed by atoms with Crippen LogP contribution in [-0.4, -0.2) is 58.2 Å². The molecule has 0 spiro atoms. The first kappa shape index (κ1) is 19.3. The highest BCUT2D eigenvalue weighted by atomic mass is 32.1. The van der Waals surface area contributed by atoms with E-state index in [1.807, 2.05) is 19.2 Å². The van der Waals surface area contributed by atoms with Gasteiger partial charge in [0.15, 0.2) is 0 Å². The van der Waals surface area contributed by atoms with Gasteiger partial charge in [-0.15, -0.1) is 10.2 Å². The van der Waals surface area contributed by atoms with Crippen LogP contribution >= 0.6 is 11.3 Å². The van der Waals surface area contributed by atoms with Gasteiger partial charge in [-0.25, -0.2) is 4.79 Å². The number of nitrogens with one attached hydrogen (secondary N) is 1. The number of nitrogens with zero attached hydrogens (tertiary/aromatic N) is 5. The van der Waals surface area contributed by atoms with E-state index in [1.54, 1.807) is 17.0 Å². The molecule has 0 bridgehead atoms. The predicted octanol–water partition coefficient (Wildman–Crippen LogP) is 3.41. The molecule has 1 aromatic heterocycles. The van der Waals surface area contributed by atoms with Crippen LogP contribution in [0, 0.1) is 11.3 Å². The second kappa shape index (κ2) is 8.46. The van der Waals surface area contributed by atoms with E-state index in [1.165, 1.54) is 11.3 Å². The van der Waals surface area contributed by atoms with Crippen molar-refractivity contribution in [2.24, 2.45) is 0 Å². The van der Waals surface area contributed by atoms with Gasteiger partial charge in [0.1, 0.15) is 5.01 Å². The lowest BCUT2D eigenvalue weighted by atomic mass is 9.97. The third-order valence-electron chi connectivity index (χ3n) is 5.16. The zero-order chi connectivity index (χ0) is 19.4. The van der Waals surface area contributed by atoms with Crippen molar-refractivity contribution in [3.8, 4) is 16.6 Å². The van der Waals surface area contributed by atoms with Crippen LogP contribution in [0.5, 0.6) is 0 Å². The van der Waals surface area contributed by atoms with Crippen molar-refractivity contribution < 1.29 is 4.79 Å². The van der Waals surface area contributed by atoms with Crippen molar-refractivity contribution in [3.05, 3.63) is 29.8 Å². The van der Waals surface area contributed by atoms with Crippen LogP contribution in [0.2, 0.25) is 0 Å². The molecule has 1 saturated heterocycles. The highest BCUT2D eigenvalue weighted by Crippen LogP contribution is 2.27. The van der Waals surface area contributed by atoms with Gasteiger partial charge in [-0.2, -0.15) is 5.26 Å². The predicted molar refractivity (Wildman–Crippen MR) is 107 cm³/mol. The van der Waals surface area contributed by atoms with E-state index in [4.69, 9.17) is 5.26 Å². The van der Waals surface area contributed by atoms with Crippen molar-refractivity contribution >= 4 is 22.5 Å². The Hall–Kier alpha value is -2.50. The minimum absolute atomic E-state index is 0.153. The summed E-state index contributed by atoms with van der Waals surface area (Å²) in [6, 6.07) is 9.80. The minimum Gasteiger partial charge on any atom is -0.324 e. The summed E-state index contributed by atoms with van der Waals surface area (Å²) in [7, 11) is 1.84. The first-order valence-electron chi connectivity index (χ1n) is 9.13. The summed E-state index contributed by atoms with van der Waals surface area (Å²) >= 11 is 1.32. The lowest BCUT2D eigenvalue weighted by Gasteiger charge is -2.40. The third-order valence-corrected chi connectivity index (χ3v) is 6.05. The number of urea groups is 1. The van der Waals surface area contributed by atoms with Crippen LogP contribution in [0.1, 0.15) is 32.3 Å². The fourth-order valence-corrected chi connectivity index (χ4v) is 4.18. The summed E-state index contributed by atoms with van der Waals surface area (Å²) in [5.74, 6) is 0. The van der Waals surface area contributed by atoms with E-state index in [9.17, 15) is 4.79 Å². The molecule has 0 saturated carbocycles. The molecular formula is C19H24N6OS. The van der Waals surface area contributed by atoms with Gasteiger partial charge in [-0.05, 0) is 38.4 Å². The fourth-order valence-electron chi connectivity index (χ4n) is 3.44. The number of piperidine rings is 1. The number of carbonyl (C=O) groups excluding carboxylic acids is 1. The molecule has 1 aromatic carbocycles. The Morgan fingerprint density at radius 2 is 2.15 bits per heavy atom. The fraction of sp³-hybridized carbons (Fsp3) is 0.474. The molecule has 1 aliphatic heterocycles. The number of carbonyl (C=O) groups is 1. The Kier molecular flexibility index (Phi) is 6.04. The second-order valence-electron chi connectivity index (χ2n) is 6.80. The van der Waals surface area contributed by atoms with Gasteiger partial charge in [-0.1, -0.05) is 30.4 Å². The third kappa shape index (κ3) is 4.43. The van der Waals surface area contributed by atoms with Crippen LogP contribution < -0.4 is 5.32 Å². The molecule has 2 aromatic rings. The van der Waals surface area contributed by atoms with Crippen LogP contribution in [0.3, 0.4) is 0 Å². The molecule has 142 valence electrons. The Balaban J connectivity index is 1.61. The van der Waals surface area contributed by atoms with Crippen LogP contribution in [-0.2, 0) is 0 Å². The van der Waals surface area contributed by atoms with Crippen molar-refractivity contribution in [3.63, 3.8) is 0 Å². The number of nitriles is 1. The van der Waals surface area contributed by atoms with Gasteiger partial charge in [0.05, 0.1) is 11.6 Å². The maximum atomic E-state index is 12.6. The summed E-state index contributed by atoms with van der Waals surface area (Å²) in [6.07, 6.45) is 1.96. The molecule has 1 N–H and O–H groups in total. The molecule has 1 fully saturated rings. The molecular weight excluding hydrogens is 360 g/mol. The molecule has 7 nitrogen and oxygen atoms in total. The van der Waals surface area contributed by atoms with Crippen molar-refractivity contribution in [1.82, 2.24) is 20.0 Å². The maximum absolute atomic E-state index is 12.6. The SMILES string of the molecule is CCN1CCC(N(C)C(=O)Nc2nnc(-c3ccc(C#N)cc3)s2)CC1C. The Morgan fingerprint density at radius 3 is 2.78 bits per heavy atom. The van der Waals surface area contributed by atoms with Crippen LogP contribution in [0.15, 0.2) is 24.3 Å². The summed E-state index contributed by atoms with van der Waals surface area (Å²) in [5, 5.41) is 21.1. The lowest BCUT2D eigenvalue weighted by molar-refractivity contribution is 0.104. The van der Waals surface area contributed by atoms with Gasteiger partial charge < -0.3 is 9.80 Å². The van der Waals surface area contributed by atoms with E-state index in [2.05, 4.69) is 40.3 Å². The number of benzene rings is 1. The average molecular weight is 385 g/mol. The highest BCUT2D eigenvalue weighted by molar-refractivity contribution is 7.18. The minimum atomic E-state index is -0.153. The number of aromatic nitrogens is 2. The second-order valence-corrected chi connectivity index (χ2v) is 7.78. The number of likely N-dealkylation sites (tertiary alicyclic amines) is 1. The Labute approximate surface area is 163 Å². The molecule has 3 rings (SSSR count). The first-order chi connectivity index (χ1) is 13.0. The van der Waals surface area contributed by atoms with E-state index in [0.29, 0.717) is 21.7 Å². The normalized spacial score (nSPS) is 20.1. The van der Waals surface area contributed by atoms with Crippen LogP contribution in [0.25, 0.3) is 10.6 Å².